The standard InChI is InChI=1S/C5H9NO.C2H5N/c1-4-7-5(1)6-2-3-6;1-2-3-1/h5H,1-4H2;3H,1-2H2. The topological polar surface area (TPSA) is 34.2 Å². The van der Waals surface area contributed by atoms with E-state index < -0.39 is 0 Å². The molecule has 0 bridgehead atoms. The number of nitrogens with zero attached hydrogens (tertiary/aromatic N) is 1. The first-order valence-corrected chi connectivity index (χ1v) is 4.03. The maximum absolute atomic E-state index is 5.18. The minimum Gasteiger partial charge on any atom is -0.363 e. The quantitative estimate of drug-likeness (QED) is 0.508. The Morgan fingerprint density at radius 3 is 2.00 bits per heavy atom. The van der Waals surface area contributed by atoms with Crippen molar-refractivity contribution in [2.75, 3.05) is 32.8 Å². The second-order valence-electron chi connectivity index (χ2n) is 2.90. The van der Waals surface area contributed by atoms with Crippen LogP contribution in [0.1, 0.15) is 6.42 Å². The Morgan fingerprint density at radius 2 is 1.90 bits per heavy atom. The summed E-state index contributed by atoms with van der Waals surface area (Å²) in [6.07, 6.45) is 1.79. The van der Waals surface area contributed by atoms with E-state index in [0.717, 1.165) is 6.61 Å². The fraction of sp³-hybridized carbons (Fsp3) is 1.00. The molecular weight excluding hydrogens is 128 g/mol. The lowest BCUT2D eigenvalue weighted by molar-refractivity contribution is -0.105. The minimum atomic E-state index is 0.528. The van der Waals surface area contributed by atoms with Gasteiger partial charge < -0.3 is 10.1 Å². The molecular formula is C7H14N2O. The fourth-order valence-electron chi connectivity index (χ4n) is 0.857. The van der Waals surface area contributed by atoms with Gasteiger partial charge in [-0.05, 0) is 0 Å². The van der Waals surface area contributed by atoms with Crippen LogP contribution in [0, 0.1) is 0 Å². The molecule has 0 radical (unpaired) electrons. The molecule has 0 saturated carbocycles. The lowest BCUT2D eigenvalue weighted by Gasteiger charge is -2.26. The molecule has 0 spiro atoms. The molecule has 3 fully saturated rings. The van der Waals surface area contributed by atoms with Gasteiger partial charge in [0.05, 0.1) is 6.61 Å². The van der Waals surface area contributed by atoms with E-state index in [-0.39, 0.29) is 0 Å². The molecule has 3 saturated heterocycles. The highest BCUT2D eigenvalue weighted by Crippen LogP contribution is 2.21. The van der Waals surface area contributed by atoms with Crippen molar-refractivity contribution in [3.05, 3.63) is 0 Å². The van der Waals surface area contributed by atoms with Gasteiger partial charge in [0.15, 0.2) is 0 Å². The predicted octanol–water partition coefficient (Wildman–Crippen LogP) is -0.362. The zero-order valence-corrected chi connectivity index (χ0v) is 6.18. The zero-order chi connectivity index (χ0) is 6.81. The Bertz CT molecular complexity index is 105. The van der Waals surface area contributed by atoms with Crippen LogP contribution in [0.15, 0.2) is 0 Å². The minimum absolute atomic E-state index is 0.528. The highest BCUT2D eigenvalue weighted by Gasteiger charge is 2.32. The molecule has 58 valence electrons. The summed E-state index contributed by atoms with van der Waals surface area (Å²) in [7, 11) is 0. The Balaban J connectivity index is 0.000000113. The Labute approximate surface area is 61.3 Å². The van der Waals surface area contributed by atoms with Gasteiger partial charge in [0.2, 0.25) is 0 Å². The molecule has 3 heterocycles. The molecule has 3 aliphatic heterocycles. The van der Waals surface area contributed by atoms with Crippen molar-refractivity contribution in [1.82, 2.24) is 10.2 Å². The van der Waals surface area contributed by atoms with Gasteiger partial charge in [-0.3, -0.25) is 4.90 Å². The van der Waals surface area contributed by atoms with Gasteiger partial charge in [-0.25, -0.2) is 0 Å². The second-order valence-corrected chi connectivity index (χ2v) is 2.90. The van der Waals surface area contributed by atoms with E-state index in [2.05, 4.69) is 10.2 Å². The van der Waals surface area contributed by atoms with E-state index in [1.807, 2.05) is 0 Å². The smallest absolute Gasteiger partial charge is 0.112 e. The summed E-state index contributed by atoms with van der Waals surface area (Å²) in [5.74, 6) is 0. The fourth-order valence-corrected chi connectivity index (χ4v) is 0.857. The average molecular weight is 142 g/mol. The molecule has 1 atom stereocenters. The van der Waals surface area contributed by atoms with Gasteiger partial charge >= 0.3 is 0 Å². The molecule has 0 aromatic rings. The van der Waals surface area contributed by atoms with Gasteiger partial charge in [0, 0.05) is 32.6 Å². The molecule has 10 heavy (non-hydrogen) atoms. The van der Waals surface area contributed by atoms with Crippen molar-refractivity contribution in [3.63, 3.8) is 0 Å². The summed E-state index contributed by atoms with van der Waals surface area (Å²) in [5, 5.41) is 3.00. The largest absolute Gasteiger partial charge is 0.363 e. The molecule has 3 heteroatoms. The highest BCUT2D eigenvalue weighted by atomic mass is 16.5. The summed E-state index contributed by atoms with van der Waals surface area (Å²) < 4.78 is 5.18. The maximum Gasteiger partial charge on any atom is 0.112 e. The van der Waals surface area contributed by atoms with E-state index >= 15 is 0 Å². The Hall–Kier alpha value is -0.120. The molecule has 3 rings (SSSR count). The van der Waals surface area contributed by atoms with E-state index in [9.17, 15) is 0 Å². The van der Waals surface area contributed by atoms with Gasteiger partial charge in [0.1, 0.15) is 6.23 Å². The summed E-state index contributed by atoms with van der Waals surface area (Å²) in [5.41, 5.74) is 0. The van der Waals surface area contributed by atoms with Crippen LogP contribution in [-0.2, 0) is 4.74 Å². The number of hydrogen-bond acceptors (Lipinski definition) is 3. The van der Waals surface area contributed by atoms with Gasteiger partial charge in [-0.1, -0.05) is 0 Å². The van der Waals surface area contributed by atoms with E-state index in [0.29, 0.717) is 6.23 Å². The predicted molar refractivity (Wildman–Crippen MR) is 38.8 cm³/mol. The van der Waals surface area contributed by atoms with Crippen molar-refractivity contribution < 1.29 is 4.74 Å². The second kappa shape index (κ2) is 2.86. The van der Waals surface area contributed by atoms with Crippen molar-refractivity contribution in [3.8, 4) is 0 Å². The van der Waals surface area contributed by atoms with Crippen LogP contribution in [0.2, 0.25) is 0 Å². The number of rotatable bonds is 1. The van der Waals surface area contributed by atoms with E-state index in [4.69, 9.17) is 4.74 Å². The summed E-state index contributed by atoms with van der Waals surface area (Å²) >= 11 is 0. The first kappa shape index (κ1) is 6.58. The molecule has 0 aliphatic carbocycles. The van der Waals surface area contributed by atoms with Crippen molar-refractivity contribution >= 4 is 0 Å². The van der Waals surface area contributed by atoms with Crippen molar-refractivity contribution in [2.24, 2.45) is 0 Å². The molecule has 0 amide bonds. The van der Waals surface area contributed by atoms with Gasteiger partial charge in [-0.2, -0.15) is 0 Å². The Morgan fingerprint density at radius 1 is 1.30 bits per heavy atom. The molecule has 3 aliphatic rings. The van der Waals surface area contributed by atoms with Crippen molar-refractivity contribution in [2.45, 2.75) is 12.6 Å². The van der Waals surface area contributed by atoms with Crippen molar-refractivity contribution in [1.29, 1.82) is 0 Å². The summed E-state index contributed by atoms with van der Waals surface area (Å²) in [4.78, 5) is 2.34. The summed E-state index contributed by atoms with van der Waals surface area (Å²) in [6, 6.07) is 0. The van der Waals surface area contributed by atoms with Crippen LogP contribution in [0.25, 0.3) is 0 Å². The number of nitrogens with one attached hydrogen (secondary N) is 1. The lowest BCUT2D eigenvalue weighted by Crippen LogP contribution is -2.33. The third-order valence-corrected chi connectivity index (χ3v) is 1.81. The highest BCUT2D eigenvalue weighted by molar-refractivity contribution is 4.79. The lowest BCUT2D eigenvalue weighted by atomic mass is 10.3. The van der Waals surface area contributed by atoms with Crippen LogP contribution < -0.4 is 5.32 Å². The number of hydrogen-bond donors (Lipinski definition) is 1. The first-order valence-electron chi connectivity index (χ1n) is 4.03. The molecule has 3 nitrogen and oxygen atoms in total. The third kappa shape index (κ3) is 1.94. The summed E-state index contributed by atoms with van der Waals surface area (Å²) in [6.45, 7) is 6.02. The molecule has 1 N–H and O–H groups in total. The maximum atomic E-state index is 5.18. The van der Waals surface area contributed by atoms with Crippen LogP contribution in [0.4, 0.5) is 0 Å². The average Bonchev–Trinajstić information content (AvgIpc) is 2.59. The van der Waals surface area contributed by atoms with E-state index in [1.165, 1.54) is 32.6 Å². The van der Waals surface area contributed by atoms with Crippen LogP contribution in [-0.4, -0.2) is 43.9 Å². The van der Waals surface area contributed by atoms with Crippen LogP contribution >= 0.6 is 0 Å². The zero-order valence-electron chi connectivity index (χ0n) is 6.18. The molecule has 0 aromatic heterocycles. The SMILES string of the molecule is C1CC(N2CC2)O1.C1CN1. The van der Waals surface area contributed by atoms with Crippen LogP contribution in [0.3, 0.4) is 0 Å². The first-order chi connectivity index (χ1) is 4.97. The number of ether oxygens (including phenoxy) is 1. The van der Waals surface area contributed by atoms with Crippen LogP contribution in [0.5, 0.6) is 0 Å². The molecule has 0 aromatic carbocycles. The Kier molecular flexibility index (Phi) is 1.88. The van der Waals surface area contributed by atoms with Gasteiger partial charge in [-0.15, -0.1) is 0 Å². The normalized spacial score (nSPS) is 35.4. The third-order valence-electron chi connectivity index (χ3n) is 1.81. The van der Waals surface area contributed by atoms with E-state index in [1.54, 1.807) is 0 Å². The monoisotopic (exact) mass is 142 g/mol. The molecule has 1 unspecified atom stereocenters. The van der Waals surface area contributed by atoms with Gasteiger partial charge in [0.25, 0.3) is 0 Å².